The first kappa shape index (κ1) is 14.8. The summed E-state index contributed by atoms with van der Waals surface area (Å²) >= 11 is 5.34. The van der Waals surface area contributed by atoms with Crippen LogP contribution in [-0.2, 0) is 4.74 Å². The maximum Gasteiger partial charge on any atom is 0.189 e. The first-order chi connectivity index (χ1) is 10.7. The smallest absolute Gasteiger partial charge is 0.189 e. The van der Waals surface area contributed by atoms with Crippen LogP contribution in [0.2, 0.25) is 0 Å². The molecule has 0 unspecified atom stereocenters. The predicted octanol–water partition coefficient (Wildman–Crippen LogP) is 1.56. The lowest BCUT2D eigenvalue weighted by Gasteiger charge is -2.28. The van der Waals surface area contributed by atoms with Gasteiger partial charge in [0.25, 0.3) is 0 Å². The summed E-state index contributed by atoms with van der Waals surface area (Å²) in [5, 5.41) is 4.92. The minimum atomic E-state index is 0.608. The zero-order chi connectivity index (χ0) is 15.4. The van der Waals surface area contributed by atoms with Crippen molar-refractivity contribution >= 4 is 34.1 Å². The van der Waals surface area contributed by atoms with Crippen LogP contribution in [0.15, 0.2) is 35.6 Å². The Kier molecular flexibility index (Phi) is 4.55. The number of hydrazone groups is 1. The van der Waals surface area contributed by atoms with Gasteiger partial charge in [0.1, 0.15) is 5.69 Å². The van der Waals surface area contributed by atoms with Crippen LogP contribution in [0.5, 0.6) is 0 Å². The number of nitrogens with one attached hydrogen (secondary N) is 1. The lowest BCUT2D eigenvalue weighted by molar-refractivity contribution is 0.0677. The average molecular weight is 315 g/mol. The Hall–Kier alpha value is -2.12. The molecule has 6 nitrogen and oxygen atoms in total. The van der Waals surface area contributed by atoms with Crippen molar-refractivity contribution in [3.63, 3.8) is 0 Å². The monoisotopic (exact) mass is 315 g/mol. The minimum absolute atomic E-state index is 0.608. The average Bonchev–Trinajstić information content (AvgIpc) is 2.59. The first-order valence-electron chi connectivity index (χ1n) is 7.13. The molecule has 1 aromatic heterocycles. The molecule has 0 radical (unpaired) electrons. The normalized spacial score (nSPS) is 15.9. The highest BCUT2D eigenvalue weighted by molar-refractivity contribution is 7.80. The van der Waals surface area contributed by atoms with Crippen molar-refractivity contribution in [3.05, 3.63) is 36.2 Å². The second-order valence-corrected chi connectivity index (χ2v) is 5.34. The number of fused-ring (bicyclic) bond motifs is 1. The zero-order valence-corrected chi connectivity index (χ0v) is 13.1. The molecular weight excluding hydrogens is 298 g/mol. The molecule has 7 heteroatoms. The molecular formula is C15H17N5OS. The number of rotatable bonds is 2. The van der Waals surface area contributed by atoms with Crippen LogP contribution in [0.3, 0.4) is 0 Å². The molecule has 1 aliphatic heterocycles. The van der Waals surface area contributed by atoms with Crippen LogP contribution in [0.4, 0.5) is 0 Å². The van der Waals surface area contributed by atoms with Crippen LogP contribution < -0.4 is 5.43 Å². The fraction of sp³-hybridized carbons (Fsp3) is 0.333. The number of benzene rings is 1. The predicted molar refractivity (Wildman–Crippen MR) is 89.9 cm³/mol. The molecule has 0 atom stereocenters. The van der Waals surface area contributed by atoms with Crippen molar-refractivity contribution in [2.24, 2.45) is 5.10 Å². The van der Waals surface area contributed by atoms with Crippen molar-refractivity contribution in [2.75, 3.05) is 26.3 Å². The summed E-state index contributed by atoms with van der Waals surface area (Å²) in [5.41, 5.74) is 6.12. The third-order valence-corrected chi connectivity index (χ3v) is 3.79. The third kappa shape index (κ3) is 3.37. The van der Waals surface area contributed by atoms with E-state index in [9.17, 15) is 0 Å². The fourth-order valence-corrected chi connectivity index (χ4v) is 2.39. The molecule has 1 saturated heterocycles. The molecule has 0 aliphatic carbocycles. The van der Waals surface area contributed by atoms with Crippen LogP contribution in [0, 0.1) is 0 Å². The number of para-hydroxylation sites is 2. The van der Waals surface area contributed by atoms with Gasteiger partial charge in [-0.15, -0.1) is 0 Å². The van der Waals surface area contributed by atoms with E-state index in [0.29, 0.717) is 18.3 Å². The van der Waals surface area contributed by atoms with E-state index in [1.54, 1.807) is 6.20 Å². The number of hydrogen-bond acceptors (Lipinski definition) is 5. The number of nitrogens with zero attached hydrogens (tertiary/aromatic N) is 4. The molecule has 0 spiro atoms. The van der Waals surface area contributed by atoms with Gasteiger partial charge in [0.15, 0.2) is 5.11 Å². The summed E-state index contributed by atoms with van der Waals surface area (Å²) in [6, 6.07) is 7.76. The van der Waals surface area contributed by atoms with Gasteiger partial charge >= 0.3 is 0 Å². The van der Waals surface area contributed by atoms with Crippen molar-refractivity contribution in [1.82, 2.24) is 20.3 Å². The summed E-state index contributed by atoms with van der Waals surface area (Å²) in [6.45, 7) is 4.85. The van der Waals surface area contributed by atoms with Gasteiger partial charge in [0.05, 0.1) is 36.2 Å². The quantitative estimate of drug-likeness (QED) is 0.515. The molecule has 2 aromatic rings. The lowest BCUT2D eigenvalue weighted by Crippen LogP contribution is -2.44. The van der Waals surface area contributed by atoms with Crippen LogP contribution in [-0.4, -0.2) is 52.0 Å². The maximum absolute atomic E-state index is 5.34. The zero-order valence-electron chi connectivity index (χ0n) is 12.3. The summed E-state index contributed by atoms with van der Waals surface area (Å²) in [5.74, 6) is 0. The number of ether oxygens (including phenoxy) is 1. The summed E-state index contributed by atoms with van der Waals surface area (Å²) in [4.78, 5) is 11.0. The van der Waals surface area contributed by atoms with E-state index in [4.69, 9.17) is 17.0 Å². The van der Waals surface area contributed by atoms with Gasteiger partial charge in [-0.3, -0.25) is 10.4 Å². The second-order valence-electron chi connectivity index (χ2n) is 4.96. The van der Waals surface area contributed by atoms with Crippen LogP contribution in [0.1, 0.15) is 12.6 Å². The Labute approximate surface area is 134 Å². The molecule has 1 N–H and O–H groups in total. The highest BCUT2D eigenvalue weighted by atomic mass is 32.1. The Morgan fingerprint density at radius 1 is 1.27 bits per heavy atom. The number of morpholine rings is 1. The number of thiocarbonyl (C=S) groups is 1. The van der Waals surface area contributed by atoms with E-state index >= 15 is 0 Å². The molecule has 2 heterocycles. The van der Waals surface area contributed by atoms with Gasteiger partial charge in [-0.05, 0) is 31.3 Å². The largest absolute Gasteiger partial charge is 0.378 e. The van der Waals surface area contributed by atoms with E-state index in [1.165, 1.54) is 0 Å². The van der Waals surface area contributed by atoms with Crippen LogP contribution >= 0.6 is 12.2 Å². The van der Waals surface area contributed by atoms with Gasteiger partial charge in [-0.2, -0.15) is 5.10 Å². The molecule has 0 saturated carbocycles. The molecule has 114 valence electrons. The second kappa shape index (κ2) is 6.76. The molecule has 1 aliphatic rings. The SMILES string of the molecule is C/C(=N\NC(=S)N1CCOCC1)c1cnc2ccccc2n1. The fourth-order valence-electron chi connectivity index (χ4n) is 2.16. The van der Waals surface area contributed by atoms with Gasteiger partial charge in [0, 0.05) is 13.1 Å². The van der Waals surface area contributed by atoms with E-state index < -0.39 is 0 Å². The van der Waals surface area contributed by atoms with Gasteiger partial charge in [0.2, 0.25) is 0 Å². The Morgan fingerprint density at radius 2 is 2.00 bits per heavy atom. The molecule has 22 heavy (non-hydrogen) atoms. The molecule has 3 rings (SSSR count). The van der Waals surface area contributed by atoms with E-state index in [1.807, 2.05) is 36.1 Å². The van der Waals surface area contributed by atoms with Crippen molar-refractivity contribution in [3.8, 4) is 0 Å². The molecule has 1 fully saturated rings. The van der Waals surface area contributed by atoms with E-state index in [0.717, 1.165) is 35.5 Å². The first-order valence-corrected chi connectivity index (χ1v) is 7.54. The highest BCUT2D eigenvalue weighted by Crippen LogP contribution is 2.09. The standard InChI is InChI=1S/C15H17N5OS/c1-11(18-19-15(22)20-6-8-21-9-7-20)14-10-16-12-4-2-3-5-13(12)17-14/h2-5,10H,6-9H2,1H3,(H,19,22)/b18-11+. The molecule has 0 bridgehead atoms. The number of aromatic nitrogens is 2. The number of hydrogen-bond donors (Lipinski definition) is 1. The van der Waals surface area contributed by atoms with E-state index in [-0.39, 0.29) is 0 Å². The van der Waals surface area contributed by atoms with Gasteiger partial charge < -0.3 is 9.64 Å². The van der Waals surface area contributed by atoms with Crippen molar-refractivity contribution in [1.29, 1.82) is 0 Å². The lowest BCUT2D eigenvalue weighted by atomic mass is 10.2. The molecule has 0 amide bonds. The third-order valence-electron chi connectivity index (χ3n) is 3.44. The van der Waals surface area contributed by atoms with Crippen LogP contribution in [0.25, 0.3) is 11.0 Å². The minimum Gasteiger partial charge on any atom is -0.378 e. The van der Waals surface area contributed by atoms with Crippen molar-refractivity contribution < 1.29 is 4.74 Å². The highest BCUT2D eigenvalue weighted by Gasteiger charge is 2.13. The Bertz CT molecular complexity index is 712. The Balaban J connectivity index is 1.71. The van der Waals surface area contributed by atoms with Crippen molar-refractivity contribution in [2.45, 2.75) is 6.92 Å². The van der Waals surface area contributed by atoms with Gasteiger partial charge in [-0.1, -0.05) is 12.1 Å². The summed E-state index contributed by atoms with van der Waals surface area (Å²) in [7, 11) is 0. The Morgan fingerprint density at radius 3 is 2.77 bits per heavy atom. The maximum atomic E-state index is 5.34. The van der Waals surface area contributed by atoms with Gasteiger partial charge in [-0.25, -0.2) is 4.98 Å². The van der Waals surface area contributed by atoms with E-state index in [2.05, 4.69) is 20.5 Å². The molecule has 1 aromatic carbocycles. The topological polar surface area (TPSA) is 62.6 Å². The summed E-state index contributed by atoms with van der Waals surface area (Å²) < 4.78 is 5.30. The summed E-state index contributed by atoms with van der Waals surface area (Å²) in [6.07, 6.45) is 1.72.